The van der Waals surface area contributed by atoms with Crippen LogP contribution in [0.2, 0.25) is 0 Å². The van der Waals surface area contributed by atoms with Crippen molar-refractivity contribution in [2.75, 3.05) is 6.54 Å². The van der Waals surface area contributed by atoms with Gasteiger partial charge in [-0.15, -0.1) is 0 Å². The molecule has 1 rings (SSSR count). The van der Waals surface area contributed by atoms with Gasteiger partial charge in [-0.05, 0) is 38.5 Å². The van der Waals surface area contributed by atoms with Gasteiger partial charge in [-0.3, -0.25) is 4.98 Å². The van der Waals surface area contributed by atoms with E-state index in [1.807, 2.05) is 12.4 Å². The molecule has 1 heterocycles. The molecule has 15 heavy (non-hydrogen) atoms. The lowest BCUT2D eigenvalue weighted by atomic mass is 9.84. The van der Waals surface area contributed by atoms with E-state index in [9.17, 15) is 0 Å². The lowest BCUT2D eigenvalue weighted by molar-refractivity contribution is 0.363. The first kappa shape index (κ1) is 12.2. The van der Waals surface area contributed by atoms with E-state index in [0.29, 0.717) is 0 Å². The molecule has 0 amide bonds. The number of hydrogen-bond donors (Lipinski definition) is 1. The van der Waals surface area contributed by atoms with E-state index in [-0.39, 0.29) is 11.0 Å². The highest BCUT2D eigenvalue weighted by atomic mass is 15.0. The molecule has 0 saturated carbocycles. The molecule has 1 N–H and O–H groups in total. The second-order valence-electron chi connectivity index (χ2n) is 5.72. The predicted octanol–water partition coefficient (Wildman–Crippen LogP) is 2.75. The van der Waals surface area contributed by atoms with Gasteiger partial charge in [0.15, 0.2) is 0 Å². The van der Waals surface area contributed by atoms with Crippen molar-refractivity contribution in [2.45, 2.75) is 45.6 Å². The maximum atomic E-state index is 4.05. The average molecular weight is 206 g/mol. The Labute approximate surface area is 93.1 Å². The van der Waals surface area contributed by atoms with Crippen LogP contribution in [0, 0.1) is 0 Å². The fourth-order valence-electron chi connectivity index (χ4n) is 1.39. The van der Waals surface area contributed by atoms with Gasteiger partial charge in [0, 0.05) is 29.9 Å². The number of nitrogens with one attached hydrogen (secondary N) is 1. The topological polar surface area (TPSA) is 24.9 Å². The van der Waals surface area contributed by atoms with E-state index in [0.717, 1.165) is 6.54 Å². The monoisotopic (exact) mass is 206 g/mol. The summed E-state index contributed by atoms with van der Waals surface area (Å²) < 4.78 is 0. The van der Waals surface area contributed by atoms with E-state index in [2.05, 4.69) is 57.1 Å². The summed E-state index contributed by atoms with van der Waals surface area (Å²) in [5, 5.41) is 3.54. The highest BCUT2D eigenvalue weighted by Gasteiger charge is 2.22. The second kappa shape index (κ2) is 4.31. The summed E-state index contributed by atoms with van der Waals surface area (Å²) in [6.45, 7) is 12.0. The third-order valence-corrected chi connectivity index (χ3v) is 2.52. The summed E-state index contributed by atoms with van der Waals surface area (Å²) in [6, 6.07) is 4.18. The van der Waals surface area contributed by atoms with Gasteiger partial charge in [0.25, 0.3) is 0 Å². The smallest absolute Gasteiger partial charge is 0.0270 e. The van der Waals surface area contributed by atoms with Crippen molar-refractivity contribution in [3.63, 3.8) is 0 Å². The zero-order chi connectivity index (χ0) is 11.5. The fourth-order valence-corrected chi connectivity index (χ4v) is 1.39. The normalized spacial score (nSPS) is 12.9. The SMILES string of the molecule is CC(C)(C)NCC(C)(C)c1ccncc1. The van der Waals surface area contributed by atoms with Crippen LogP contribution in [-0.2, 0) is 5.41 Å². The second-order valence-corrected chi connectivity index (χ2v) is 5.72. The van der Waals surface area contributed by atoms with E-state index >= 15 is 0 Å². The molecule has 1 aromatic rings. The van der Waals surface area contributed by atoms with Gasteiger partial charge in [0.05, 0.1) is 0 Å². The van der Waals surface area contributed by atoms with Crippen molar-refractivity contribution < 1.29 is 0 Å². The van der Waals surface area contributed by atoms with Crippen molar-refractivity contribution in [1.82, 2.24) is 10.3 Å². The zero-order valence-corrected chi connectivity index (χ0v) is 10.5. The van der Waals surface area contributed by atoms with Gasteiger partial charge in [-0.1, -0.05) is 13.8 Å². The van der Waals surface area contributed by atoms with Crippen LogP contribution in [0.25, 0.3) is 0 Å². The molecule has 2 heteroatoms. The highest BCUT2D eigenvalue weighted by molar-refractivity contribution is 5.21. The number of pyridine rings is 1. The van der Waals surface area contributed by atoms with Gasteiger partial charge in [-0.25, -0.2) is 0 Å². The Morgan fingerprint density at radius 2 is 1.60 bits per heavy atom. The van der Waals surface area contributed by atoms with Crippen LogP contribution in [0.1, 0.15) is 40.2 Å². The van der Waals surface area contributed by atoms with Crippen molar-refractivity contribution in [3.05, 3.63) is 30.1 Å². The van der Waals surface area contributed by atoms with E-state index in [4.69, 9.17) is 0 Å². The predicted molar refractivity (Wildman–Crippen MR) is 65.0 cm³/mol. The van der Waals surface area contributed by atoms with E-state index in [1.165, 1.54) is 5.56 Å². The Bertz CT molecular complexity index is 296. The molecule has 0 aliphatic carbocycles. The molecule has 0 atom stereocenters. The first-order valence-corrected chi connectivity index (χ1v) is 5.47. The summed E-state index contributed by atoms with van der Waals surface area (Å²) in [6.07, 6.45) is 3.71. The van der Waals surface area contributed by atoms with Crippen molar-refractivity contribution >= 4 is 0 Å². The molecule has 2 nitrogen and oxygen atoms in total. The van der Waals surface area contributed by atoms with Gasteiger partial charge in [0.1, 0.15) is 0 Å². The summed E-state index contributed by atoms with van der Waals surface area (Å²) >= 11 is 0. The zero-order valence-electron chi connectivity index (χ0n) is 10.5. The van der Waals surface area contributed by atoms with Crippen LogP contribution in [0.4, 0.5) is 0 Å². The Balaban J connectivity index is 2.68. The molecule has 1 aromatic heterocycles. The molecule has 0 bridgehead atoms. The molecular formula is C13H22N2. The third-order valence-electron chi connectivity index (χ3n) is 2.52. The molecule has 0 saturated heterocycles. The molecule has 0 unspecified atom stereocenters. The Morgan fingerprint density at radius 3 is 2.07 bits per heavy atom. The number of hydrogen-bond acceptors (Lipinski definition) is 2. The molecule has 0 aliphatic rings. The number of rotatable bonds is 3. The van der Waals surface area contributed by atoms with E-state index in [1.54, 1.807) is 0 Å². The van der Waals surface area contributed by atoms with Crippen LogP contribution >= 0.6 is 0 Å². The molecule has 84 valence electrons. The highest BCUT2D eigenvalue weighted by Crippen LogP contribution is 2.22. The van der Waals surface area contributed by atoms with Crippen molar-refractivity contribution in [2.24, 2.45) is 0 Å². The fraction of sp³-hybridized carbons (Fsp3) is 0.615. The quantitative estimate of drug-likeness (QED) is 0.822. The Hall–Kier alpha value is -0.890. The number of nitrogens with zero attached hydrogens (tertiary/aromatic N) is 1. The van der Waals surface area contributed by atoms with Gasteiger partial charge in [-0.2, -0.15) is 0 Å². The molecule has 0 radical (unpaired) electrons. The average Bonchev–Trinajstić information content (AvgIpc) is 2.16. The third kappa shape index (κ3) is 4.00. The lowest BCUT2D eigenvalue weighted by Gasteiger charge is -2.30. The van der Waals surface area contributed by atoms with Crippen molar-refractivity contribution in [3.8, 4) is 0 Å². The molecule has 0 fully saturated rings. The molecule has 0 aromatic carbocycles. The number of aromatic nitrogens is 1. The van der Waals surface area contributed by atoms with Gasteiger partial charge in [0.2, 0.25) is 0 Å². The first-order chi connectivity index (χ1) is 6.81. The maximum absolute atomic E-state index is 4.05. The molecule has 0 aliphatic heterocycles. The standard InChI is InChI=1S/C13H22N2/c1-12(2,3)15-10-13(4,5)11-6-8-14-9-7-11/h6-9,15H,10H2,1-5H3. The summed E-state index contributed by atoms with van der Waals surface area (Å²) in [5.41, 5.74) is 1.65. The molecular weight excluding hydrogens is 184 g/mol. The minimum absolute atomic E-state index is 0.149. The maximum Gasteiger partial charge on any atom is 0.0270 e. The van der Waals surface area contributed by atoms with Gasteiger partial charge < -0.3 is 5.32 Å². The van der Waals surface area contributed by atoms with Crippen LogP contribution in [-0.4, -0.2) is 17.1 Å². The molecule has 0 spiro atoms. The minimum atomic E-state index is 0.149. The van der Waals surface area contributed by atoms with Crippen LogP contribution in [0.3, 0.4) is 0 Å². The lowest BCUT2D eigenvalue weighted by Crippen LogP contribution is -2.43. The minimum Gasteiger partial charge on any atom is -0.311 e. The summed E-state index contributed by atoms with van der Waals surface area (Å²) in [4.78, 5) is 4.05. The Morgan fingerprint density at radius 1 is 1.07 bits per heavy atom. The van der Waals surface area contributed by atoms with Crippen LogP contribution in [0.15, 0.2) is 24.5 Å². The van der Waals surface area contributed by atoms with Crippen molar-refractivity contribution in [1.29, 1.82) is 0 Å². The van der Waals surface area contributed by atoms with Gasteiger partial charge >= 0.3 is 0 Å². The largest absolute Gasteiger partial charge is 0.311 e. The van der Waals surface area contributed by atoms with Crippen LogP contribution < -0.4 is 5.32 Å². The summed E-state index contributed by atoms with van der Waals surface area (Å²) in [5.74, 6) is 0. The Kier molecular flexibility index (Phi) is 3.50. The summed E-state index contributed by atoms with van der Waals surface area (Å²) in [7, 11) is 0. The van der Waals surface area contributed by atoms with Crippen LogP contribution in [0.5, 0.6) is 0 Å². The first-order valence-electron chi connectivity index (χ1n) is 5.47. The van der Waals surface area contributed by atoms with E-state index < -0.39 is 0 Å².